The first kappa shape index (κ1) is 29.2. The van der Waals surface area contributed by atoms with Gasteiger partial charge in [-0.15, -0.1) is 0 Å². The molecule has 206 valence electrons. The standard InChI is InChI=1S/C31H37N3O5/c1-22-8-10-24(11-9-22)20-33-30(37)34(21-25-14-16-26(38-4)17-15-25)28(32)7-5-6-23-12-18-27(19-13-23)39-31(2,3)29(35)36/h8-19,32H,5-7,20-21H2,1-4H3,(H,33,37)(H,35,36). The average Bonchev–Trinajstić information content (AvgIpc) is 2.92. The molecule has 0 bridgehead atoms. The van der Waals surface area contributed by atoms with E-state index in [4.69, 9.17) is 14.9 Å². The Labute approximate surface area is 230 Å². The van der Waals surface area contributed by atoms with E-state index in [9.17, 15) is 14.7 Å². The first-order valence-corrected chi connectivity index (χ1v) is 12.9. The van der Waals surface area contributed by atoms with Crippen molar-refractivity contribution in [2.24, 2.45) is 0 Å². The molecule has 0 saturated carbocycles. The van der Waals surface area contributed by atoms with E-state index in [2.05, 4.69) is 5.32 Å². The van der Waals surface area contributed by atoms with Crippen LogP contribution in [-0.4, -0.2) is 40.6 Å². The maximum absolute atomic E-state index is 13.2. The number of aryl methyl sites for hydroxylation is 2. The van der Waals surface area contributed by atoms with Crippen LogP contribution in [-0.2, 0) is 24.3 Å². The molecule has 0 unspecified atom stereocenters. The maximum atomic E-state index is 13.2. The lowest BCUT2D eigenvalue weighted by atomic mass is 10.1. The summed E-state index contributed by atoms with van der Waals surface area (Å²) in [6.07, 6.45) is 1.79. The highest BCUT2D eigenvalue weighted by Gasteiger charge is 2.29. The van der Waals surface area contributed by atoms with Crippen molar-refractivity contribution < 1.29 is 24.2 Å². The molecule has 0 aliphatic heterocycles. The second kappa shape index (κ2) is 13.5. The van der Waals surface area contributed by atoms with E-state index in [0.29, 0.717) is 31.6 Å². The van der Waals surface area contributed by atoms with Gasteiger partial charge in [0.15, 0.2) is 5.60 Å². The SMILES string of the molecule is COc1ccc(CN(C(=N)CCCc2ccc(OC(C)(C)C(=O)O)cc2)C(=O)NCc2ccc(C)cc2)cc1. The molecule has 2 amide bonds. The molecular weight excluding hydrogens is 494 g/mol. The Bertz CT molecular complexity index is 1250. The van der Waals surface area contributed by atoms with Gasteiger partial charge in [-0.3, -0.25) is 10.3 Å². The number of methoxy groups -OCH3 is 1. The number of urea groups is 1. The van der Waals surface area contributed by atoms with Crippen LogP contribution in [0.1, 0.15) is 48.9 Å². The molecular formula is C31H37N3O5. The molecule has 3 aromatic carbocycles. The van der Waals surface area contributed by atoms with Gasteiger partial charge < -0.3 is 19.9 Å². The molecule has 0 heterocycles. The summed E-state index contributed by atoms with van der Waals surface area (Å²) in [7, 11) is 1.60. The highest BCUT2D eigenvalue weighted by atomic mass is 16.5. The van der Waals surface area contributed by atoms with Crippen LogP contribution >= 0.6 is 0 Å². The molecule has 0 atom stereocenters. The Balaban J connectivity index is 1.61. The number of nitrogens with zero attached hydrogens (tertiary/aromatic N) is 1. The van der Waals surface area contributed by atoms with E-state index in [0.717, 1.165) is 28.0 Å². The van der Waals surface area contributed by atoms with Crippen molar-refractivity contribution >= 4 is 17.8 Å². The van der Waals surface area contributed by atoms with Crippen molar-refractivity contribution in [1.82, 2.24) is 10.2 Å². The minimum Gasteiger partial charge on any atom is -0.497 e. The molecule has 0 fully saturated rings. The van der Waals surface area contributed by atoms with Gasteiger partial charge in [-0.1, -0.05) is 54.1 Å². The number of ether oxygens (including phenoxy) is 2. The lowest BCUT2D eigenvalue weighted by Crippen LogP contribution is -2.42. The molecule has 0 aromatic heterocycles. The smallest absolute Gasteiger partial charge is 0.347 e. The number of carboxylic acid groups (broad SMARTS) is 1. The zero-order valence-corrected chi connectivity index (χ0v) is 23.0. The van der Waals surface area contributed by atoms with Gasteiger partial charge >= 0.3 is 12.0 Å². The maximum Gasteiger partial charge on any atom is 0.347 e. The largest absolute Gasteiger partial charge is 0.497 e. The van der Waals surface area contributed by atoms with Crippen LogP contribution in [0, 0.1) is 12.3 Å². The summed E-state index contributed by atoms with van der Waals surface area (Å²) in [5.74, 6) is 0.407. The number of rotatable bonds is 12. The summed E-state index contributed by atoms with van der Waals surface area (Å²) < 4.78 is 10.8. The zero-order valence-electron chi connectivity index (χ0n) is 23.0. The van der Waals surface area contributed by atoms with Crippen LogP contribution in [0.2, 0.25) is 0 Å². The minimum atomic E-state index is -1.32. The quantitative estimate of drug-likeness (QED) is 0.197. The van der Waals surface area contributed by atoms with E-state index in [1.165, 1.54) is 18.7 Å². The number of carbonyl (C=O) groups is 2. The summed E-state index contributed by atoms with van der Waals surface area (Å²) in [4.78, 5) is 25.9. The second-order valence-electron chi connectivity index (χ2n) is 9.94. The molecule has 3 N–H and O–H groups in total. The molecule has 3 rings (SSSR count). The fourth-order valence-electron chi connectivity index (χ4n) is 3.84. The summed E-state index contributed by atoms with van der Waals surface area (Å²) >= 11 is 0. The van der Waals surface area contributed by atoms with Crippen molar-refractivity contribution in [2.75, 3.05) is 7.11 Å². The first-order chi connectivity index (χ1) is 18.6. The predicted octanol–water partition coefficient (Wildman–Crippen LogP) is 5.96. The fraction of sp³-hybridized carbons (Fsp3) is 0.323. The number of amides is 2. The number of hydrogen-bond donors (Lipinski definition) is 3. The Morgan fingerprint density at radius 3 is 2.05 bits per heavy atom. The zero-order chi connectivity index (χ0) is 28.4. The van der Waals surface area contributed by atoms with Gasteiger partial charge in [0.2, 0.25) is 0 Å². The van der Waals surface area contributed by atoms with Crippen LogP contribution in [0.15, 0.2) is 72.8 Å². The van der Waals surface area contributed by atoms with Crippen LogP contribution in [0.3, 0.4) is 0 Å². The van der Waals surface area contributed by atoms with Gasteiger partial charge in [0, 0.05) is 13.0 Å². The van der Waals surface area contributed by atoms with E-state index < -0.39 is 11.6 Å². The Morgan fingerprint density at radius 2 is 1.46 bits per heavy atom. The Hall–Kier alpha value is -4.33. The van der Waals surface area contributed by atoms with E-state index in [-0.39, 0.29) is 18.4 Å². The number of amidine groups is 1. The Morgan fingerprint density at radius 1 is 0.897 bits per heavy atom. The summed E-state index contributed by atoms with van der Waals surface area (Å²) in [5.41, 5.74) is 2.76. The van der Waals surface area contributed by atoms with Crippen molar-refractivity contribution in [2.45, 2.75) is 58.7 Å². The molecule has 0 aliphatic rings. The van der Waals surface area contributed by atoms with Crippen molar-refractivity contribution in [3.8, 4) is 11.5 Å². The number of hydrogen-bond acceptors (Lipinski definition) is 5. The highest BCUT2D eigenvalue weighted by molar-refractivity contribution is 5.95. The molecule has 8 nitrogen and oxygen atoms in total. The molecule has 0 spiro atoms. The van der Waals surface area contributed by atoms with E-state index >= 15 is 0 Å². The van der Waals surface area contributed by atoms with Gasteiger partial charge in [0.05, 0.1) is 13.7 Å². The van der Waals surface area contributed by atoms with Gasteiger partial charge in [-0.25, -0.2) is 9.59 Å². The van der Waals surface area contributed by atoms with Crippen molar-refractivity contribution in [3.05, 3.63) is 95.1 Å². The second-order valence-corrected chi connectivity index (χ2v) is 9.94. The van der Waals surface area contributed by atoms with E-state index in [1.807, 2.05) is 67.6 Å². The minimum absolute atomic E-state index is 0.232. The highest BCUT2D eigenvalue weighted by Crippen LogP contribution is 2.20. The molecule has 0 saturated heterocycles. The molecule has 8 heteroatoms. The third kappa shape index (κ3) is 8.88. The number of nitrogens with one attached hydrogen (secondary N) is 2. The third-order valence-electron chi connectivity index (χ3n) is 6.33. The molecule has 0 radical (unpaired) electrons. The predicted molar refractivity (Wildman–Crippen MR) is 151 cm³/mol. The van der Waals surface area contributed by atoms with Crippen LogP contribution in [0.5, 0.6) is 11.5 Å². The summed E-state index contributed by atoms with van der Waals surface area (Å²) in [6, 6.07) is 22.4. The lowest BCUT2D eigenvalue weighted by Gasteiger charge is -2.24. The van der Waals surface area contributed by atoms with Crippen LogP contribution in [0.4, 0.5) is 4.79 Å². The van der Waals surface area contributed by atoms with E-state index in [1.54, 1.807) is 19.2 Å². The first-order valence-electron chi connectivity index (χ1n) is 12.9. The van der Waals surface area contributed by atoms with Gasteiger partial charge in [0.1, 0.15) is 17.3 Å². The topological polar surface area (TPSA) is 112 Å². The summed E-state index contributed by atoms with van der Waals surface area (Å²) in [5, 5.41) is 20.9. The summed E-state index contributed by atoms with van der Waals surface area (Å²) in [6.45, 7) is 5.67. The molecule has 3 aromatic rings. The normalized spacial score (nSPS) is 11.0. The van der Waals surface area contributed by atoms with Gasteiger partial charge in [-0.05, 0) is 74.6 Å². The van der Waals surface area contributed by atoms with Gasteiger partial charge in [0.25, 0.3) is 0 Å². The average molecular weight is 532 g/mol. The molecule has 39 heavy (non-hydrogen) atoms. The molecule has 0 aliphatic carbocycles. The third-order valence-corrected chi connectivity index (χ3v) is 6.33. The van der Waals surface area contributed by atoms with Crippen LogP contribution < -0.4 is 14.8 Å². The number of aliphatic carboxylic acids is 1. The number of carbonyl (C=O) groups excluding carboxylic acids is 1. The van der Waals surface area contributed by atoms with Crippen LogP contribution in [0.25, 0.3) is 0 Å². The fourth-order valence-corrected chi connectivity index (χ4v) is 3.84. The Kier molecular flexibility index (Phi) is 10.1. The number of benzene rings is 3. The monoisotopic (exact) mass is 531 g/mol. The van der Waals surface area contributed by atoms with Gasteiger partial charge in [-0.2, -0.15) is 0 Å². The lowest BCUT2D eigenvalue weighted by molar-refractivity contribution is -0.152. The van der Waals surface area contributed by atoms with Crippen molar-refractivity contribution in [3.63, 3.8) is 0 Å². The number of carboxylic acids is 1. The van der Waals surface area contributed by atoms with Crippen molar-refractivity contribution in [1.29, 1.82) is 5.41 Å².